The minimum absolute atomic E-state index is 0.195. The monoisotopic (exact) mass is 484 g/mol. The summed E-state index contributed by atoms with van der Waals surface area (Å²) in [5.74, 6) is -0.123. The number of carbonyl (C=O) groups excluding carboxylic acids is 2. The fraction of sp³-hybridized carbons (Fsp3) is 0.320. The van der Waals surface area contributed by atoms with Crippen LogP contribution in [-0.2, 0) is 9.59 Å². The molecule has 174 valence electrons. The molecule has 0 unspecified atom stereocenters. The van der Waals surface area contributed by atoms with E-state index < -0.39 is 0 Å². The lowest BCUT2D eigenvalue weighted by atomic mass is 9.94. The quantitative estimate of drug-likeness (QED) is 0.492. The predicted molar refractivity (Wildman–Crippen MR) is 140 cm³/mol. The third-order valence-corrected chi connectivity index (χ3v) is 5.69. The molecule has 0 saturated carbocycles. The average molecular weight is 485 g/mol. The van der Waals surface area contributed by atoms with Crippen LogP contribution in [0.4, 0.5) is 11.4 Å². The van der Waals surface area contributed by atoms with E-state index in [9.17, 15) is 9.59 Å². The number of nitrogens with zero attached hydrogens (tertiary/aromatic N) is 2. The number of thiocarbonyl (C=S) groups is 1. The molecule has 1 aliphatic heterocycles. The molecule has 2 aromatic rings. The third kappa shape index (κ3) is 7.30. The topological polar surface area (TPSA) is 64.7 Å². The second-order valence-corrected chi connectivity index (χ2v) is 9.75. The van der Waals surface area contributed by atoms with Gasteiger partial charge in [0.2, 0.25) is 11.8 Å². The lowest BCUT2D eigenvalue weighted by molar-refractivity contribution is -0.139. The first kappa shape index (κ1) is 24.7. The normalized spacial score (nSPS) is 14.3. The number of halogens is 1. The smallest absolute Gasteiger partial charge is 0.250 e. The van der Waals surface area contributed by atoms with Crippen LogP contribution in [0.25, 0.3) is 6.08 Å². The van der Waals surface area contributed by atoms with Crippen molar-refractivity contribution in [2.75, 3.05) is 36.4 Å². The van der Waals surface area contributed by atoms with Crippen molar-refractivity contribution in [2.24, 2.45) is 5.41 Å². The summed E-state index contributed by atoms with van der Waals surface area (Å²) >= 11 is 11.1. The van der Waals surface area contributed by atoms with Gasteiger partial charge < -0.3 is 15.1 Å². The average Bonchev–Trinajstić information content (AvgIpc) is 2.78. The van der Waals surface area contributed by atoms with E-state index in [1.165, 1.54) is 6.08 Å². The van der Waals surface area contributed by atoms with Crippen molar-refractivity contribution in [1.82, 2.24) is 10.2 Å². The molecule has 8 heteroatoms. The zero-order chi connectivity index (χ0) is 24.0. The van der Waals surface area contributed by atoms with Crippen LogP contribution in [0.1, 0.15) is 26.3 Å². The van der Waals surface area contributed by atoms with E-state index in [1.54, 1.807) is 18.2 Å². The molecule has 2 N–H and O–H groups in total. The molecular weight excluding hydrogens is 456 g/mol. The molecule has 1 fully saturated rings. The van der Waals surface area contributed by atoms with E-state index in [4.69, 9.17) is 23.8 Å². The second-order valence-electron chi connectivity index (χ2n) is 8.90. The van der Waals surface area contributed by atoms with Crippen LogP contribution in [0.2, 0.25) is 5.02 Å². The summed E-state index contributed by atoms with van der Waals surface area (Å²) in [6.45, 7) is 8.89. The highest BCUT2D eigenvalue weighted by Crippen LogP contribution is 2.22. The molecule has 33 heavy (non-hydrogen) atoms. The summed E-state index contributed by atoms with van der Waals surface area (Å²) in [6.07, 6.45) is 3.11. The summed E-state index contributed by atoms with van der Waals surface area (Å²) < 4.78 is 0. The van der Waals surface area contributed by atoms with Crippen LogP contribution < -0.4 is 15.5 Å². The summed E-state index contributed by atoms with van der Waals surface area (Å²) in [7, 11) is 0. The third-order valence-electron chi connectivity index (χ3n) is 5.23. The van der Waals surface area contributed by atoms with Gasteiger partial charge in [0, 0.05) is 54.1 Å². The van der Waals surface area contributed by atoms with Crippen molar-refractivity contribution in [3.8, 4) is 0 Å². The van der Waals surface area contributed by atoms with Crippen LogP contribution in [0.5, 0.6) is 0 Å². The standard InChI is InChI=1S/C25H29ClN4O2S/c1-25(2,3)23(32)30-16-14-29(15-17-30)21-11-9-20(10-12-21)27-24(33)28-22(31)13-6-18-4-7-19(26)8-5-18/h4-13H,14-17H2,1-3H3,(H2,27,28,31,33)/b13-6+. The molecule has 0 atom stereocenters. The Bertz CT molecular complexity index is 1020. The largest absolute Gasteiger partial charge is 0.368 e. The van der Waals surface area contributed by atoms with Gasteiger partial charge in [-0.25, -0.2) is 0 Å². The molecule has 2 amide bonds. The summed E-state index contributed by atoms with van der Waals surface area (Å²) in [4.78, 5) is 28.8. The number of rotatable bonds is 4. The van der Waals surface area contributed by atoms with Gasteiger partial charge >= 0.3 is 0 Å². The van der Waals surface area contributed by atoms with Crippen molar-refractivity contribution in [1.29, 1.82) is 0 Å². The molecule has 0 bridgehead atoms. The van der Waals surface area contributed by atoms with Gasteiger partial charge in [0.15, 0.2) is 5.11 Å². The Balaban J connectivity index is 1.47. The maximum Gasteiger partial charge on any atom is 0.250 e. The van der Waals surface area contributed by atoms with Gasteiger partial charge in [-0.05, 0) is 60.3 Å². The van der Waals surface area contributed by atoms with Gasteiger partial charge in [0.25, 0.3) is 0 Å². The van der Waals surface area contributed by atoms with Gasteiger partial charge in [-0.2, -0.15) is 0 Å². The minimum Gasteiger partial charge on any atom is -0.368 e. The Morgan fingerprint density at radius 1 is 0.970 bits per heavy atom. The molecular formula is C25H29ClN4O2S. The number of piperazine rings is 1. The Morgan fingerprint density at radius 2 is 1.58 bits per heavy atom. The van der Waals surface area contributed by atoms with E-state index in [0.29, 0.717) is 5.02 Å². The first-order valence-corrected chi connectivity index (χ1v) is 11.6. The van der Waals surface area contributed by atoms with Crippen LogP contribution in [0.15, 0.2) is 54.6 Å². The number of benzene rings is 2. The number of hydrogen-bond donors (Lipinski definition) is 2. The number of amides is 2. The van der Waals surface area contributed by atoms with Gasteiger partial charge in [-0.15, -0.1) is 0 Å². The number of hydrogen-bond acceptors (Lipinski definition) is 4. The molecule has 0 aliphatic carbocycles. The lowest BCUT2D eigenvalue weighted by Crippen LogP contribution is -2.51. The first-order valence-electron chi connectivity index (χ1n) is 10.8. The first-order chi connectivity index (χ1) is 15.6. The minimum atomic E-state index is -0.352. The Morgan fingerprint density at radius 3 is 2.15 bits per heavy atom. The van der Waals surface area contributed by atoms with Crippen LogP contribution in [-0.4, -0.2) is 48.0 Å². The van der Waals surface area contributed by atoms with E-state index in [1.807, 2.05) is 62.1 Å². The fourth-order valence-corrected chi connectivity index (χ4v) is 3.80. The molecule has 1 saturated heterocycles. The molecule has 6 nitrogen and oxygen atoms in total. The summed E-state index contributed by atoms with van der Waals surface area (Å²) in [5.41, 5.74) is 2.39. The molecule has 1 aliphatic rings. The molecule has 0 radical (unpaired) electrons. The van der Waals surface area contributed by atoms with Crippen molar-refractivity contribution in [3.63, 3.8) is 0 Å². The fourth-order valence-electron chi connectivity index (χ4n) is 3.46. The maximum absolute atomic E-state index is 12.5. The molecule has 0 spiro atoms. The van der Waals surface area contributed by atoms with Crippen LogP contribution in [0, 0.1) is 5.41 Å². The number of anilines is 2. The molecule has 3 rings (SSSR count). The van der Waals surface area contributed by atoms with Gasteiger partial charge in [0.05, 0.1) is 0 Å². The second kappa shape index (κ2) is 10.8. The van der Waals surface area contributed by atoms with E-state index in [-0.39, 0.29) is 22.3 Å². The van der Waals surface area contributed by atoms with Crippen molar-refractivity contribution >= 4 is 58.2 Å². The van der Waals surface area contributed by atoms with E-state index >= 15 is 0 Å². The van der Waals surface area contributed by atoms with E-state index in [2.05, 4.69) is 15.5 Å². The van der Waals surface area contributed by atoms with E-state index in [0.717, 1.165) is 43.1 Å². The van der Waals surface area contributed by atoms with Crippen LogP contribution >= 0.6 is 23.8 Å². The maximum atomic E-state index is 12.5. The van der Waals surface area contributed by atoms with Crippen molar-refractivity contribution in [2.45, 2.75) is 20.8 Å². The molecule has 0 aromatic heterocycles. The van der Waals surface area contributed by atoms with Gasteiger partial charge in [-0.1, -0.05) is 44.5 Å². The highest BCUT2D eigenvalue weighted by molar-refractivity contribution is 7.80. The predicted octanol–water partition coefficient (Wildman–Crippen LogP) is 4.56. The Labute approximate surface area is 205 Å². The van der Waals surface area contributed by atoms with Gasteiger partial charge in [0.1, 0.15) is 0 Å². The SMILES string of the molecule is CC(C)(C)C(=O)N1CCN(c2ccc(NC(=S)NC(=O)/C=C/c3ccc(Cl)cc3)cc2)CC1. The van der Waals surface area contributed by atoms with Gasteiger partial charge in [-0.3, -0.25) is 14.9 Å². The summed E-state index contributed by atoms with van der Waals surface area (Å²) in [6, 6.07) is 15.0. The highest BCUT2D eigenvalue weighted by atomic mass is 35.5. The highest BCUT2D eigenvalue weighted by Gasteiger charge is 2.29. The zero-order valence-corrected chi connectivity index (χ0v) is 20.7. The number of nitrogens with one attached hydrogen (secondary N) is 2. The zero-order valence-electron chi connectivity index (χ0n) is 19.1. The Hall–Kier alpha value is -2.90. The number of carbonyl (C=O) groups is 2. The molecule has 1 heterocycles. The lowest BCUT2D eigenvalue weighted by Gasteiger charge is -2.38. The van der Waals surface area contributed by atoms with Crippen LogP contribution in [0.3, 0.4) is 0 Å². The summed E-state index contributed by atoms with van der Waals surface area (Å²) in [5, 5.41) is 6.53. The Kier molecular flexibility index (Phi) is 8.10. The molecule has 2 aromatic carbocycles. The van der Waals surface area contributed by atoms with Crippen molar-refractivity contribution < 1.29 is 9.59 Å². The van der Waals surface area contributed by atoms with Crippen molar-refractivity contribution in [3.05, 3.63) is 65.2 Å².